The van der Waals surface area contributed by atoms with Crippen LogP contribution in [0.2, 0.25) is 0 Å². The lowest BCUT2D eigenvalue weighted by atomic mass is 10.1. The molecule has 53 heavy (non-hydrogen) atoms. The van der Waals surface area contributed by atoms with Crippen molar-refractivity contribution in [2.45, 2.75) is 12.8 Å². The molecule has 2 aromatic rings. The number of nitro groups is 4. The van der Waals surface area contributed by atoms with Gasteiger partial charge in [0, 0.05) is 37.4 Å². The number of carbonyl (C=O) groups excluding carboxylic acids is 6. The van der Waals surface area contributed by atoms with E-state index in [9.17, 15) is 69.2 Å². The standard InChI is InChI=1S/C28H33N11O14/c40-23(13-32-25(42)15-34-27(44)17-7-19(36(46)47)11-20(8-17)37(48)49)30-5-1-3-29-4-2-6-31-24(41)14-33-26(43)16-35-28(45)18-9-21(38(50)51)12-22(10-18)39(52)53/h7-12,29H,1-6,13-16H2,(H,30,40)(H,31,41)(H,32,42)(H,33,43)(H,34,44)(H,35,45). The van der Waals surface area contributed by atoms with Gasteiger partial charge in [-0.3, -0.25) is 69.2 Å². The molecule has 0 aromatic heterocycles. The van der Waals surface area contributed by atoms with Gasteiger partial charge in [0.15, 0.2) is 0 Å². The predicted molar refractivity (Wildman–Crippen MR) is 178 cm³/mol. The molecule has 0 atom stereocenters. The molecule has 25 nitrogen and oxygen atoms in total. The predicted octanol–water partition coefficient (Wildman–Crippen LogP) is -1.69. The first kappa shape index (κ1) is 42.0. The molecule has 25 heteroatoms. The second kappa shape index (κ2) is 21.1. The van der Waals surface area contributed by atoms with Gasteiger partial charge in [0.2, 0.25) is 23.6 Å². The lowest BCUT2D eigenvalue weighted by Crippen LogP contribution is -2.42. The summed E-state index contributed by atoms with van der Waals surface area (Å²) in [6.45, 7) is -0.533. The number of amides is 6. The Morgan fingerprint density at radius 3 is 1.00 bits per heavy atom. The first-order chi connectivity index (χ1) is 25.1. The smallest absolute Gasteiger partial charge is 0.277 e. The first-order valence-electron chi connectivity index (χ1n) is 15.3. The average molecular weight is 748 g/mol. The lowest BCUT2D eigenvalue weighted by molar-refractivity contribution is -0.394. The van der Waals surface area contributed by atoms with Gasteiger partial charge >= 0.3 is 0 Å². The number of hydrogen-bond acceptors (Lipinski definition) is 15. The molecule has 2 aromatic carbocycles. The van der Waals surface area contributed by atoms with E-state index < -0.39 is 115 Å². The third-order valence-corrected chi connectivity index (χ3v) is 6.59. The highest BCUT2D eigenvalue weighted by atomic mass is 16.6. The Kier molecular flexibility index (Phi) is 16.7. The summed E-state index contributed by atoms with van der Waals surface area (Å²) in [6, 6.07) is 4.63. The van der Waals surface area contributed by atoms with Crippen molar-refractivity contribution >= 4 is 58.2 Å². The van der Waals surface area contributed by atoms with Gasteiger partial charge in [0.25, 0.3) is 34.6 Å². The summed E-state index contributed by atoms with van der Waals surface area (Å²) in [5.41, 5.74) is -3.52. The van der Waals surface area contributed by atoms with Crippen LogP contribution in [0.1, 0.15) is 33.6 Å². The van der Waals surface area contributed by atoms with Gasteiger partial charge < -0.3 is 37.2 Å². The quantitative estimate of drug-likeness (QED) is 0.0401. The number of rotatable bonds is 22. The Bertz CT molecular complexity index is 1580. The molecule has 284 valence electrons. The third-order valence-electron chi connectivity index (χ3n) is 6.59. The number of nitro benzene ring substituents is 4. The molecule has 0 aliphatic heterocycles. The summed E-state index contributed by atoms with van der Waals surface area (Å²) in [4.78, 5) is 112. The van der Waals surface area contributed by atoms with E-state index in [0.29, 0.717) is 38.1 Å². The first-order valence-corrected chi connectivity index (χ1v) is 15.3. The summed E-state index contributed by atoms with van der Waals surface area (Å²) < 4.78 is 0. The normalized spacial score (nSPS) is 10.3. The van der Waals surface area contributed by atoms with Crippen molar-refractivity contribution in [3.63, 3.8) is 0 Å². The van der Waals surface area contributed by atoms with Gasteiger partial charge in [0.1, 0.15) is 0 Å². The van der Waals surface area contributed by atoms with Crippen molar-refractivity contribution in [2.75, 3.05) is 52.4 Å². The van der Waals surface area contributed by atoms with E-state index in [4.69, 9.17) is 0 Å². The van der Waals surface area contributed by atoms with Crippen molar-refractivity contribution in [1.29, 1.82) is 0 Å². The maximum absolute atomic E-state index is 12.2. The van der Waals surface area contributed by atoms with Gasteiger partial charge in [-0.2, -0.15) is 0 Å². The van der Waals surface area contributed by atoms with Crippen LogP contribution in [-0.2, 0) is 19.2 Å². The minimum absolute atomic E-state index is 0.256. The molecule has 0 aliphatic carbocycles. The number of nitrogens with one attached hydrogen (secondary N) is 7. The molecule has 0 saturated heterocycles. The Hall–Kier alpha value is -7.18. The van der Waals surface area contributed by atoms with E-state index >= 15 is 0 Å². The maximum atomic E-state index is 12.2. The summed E-state index contributed by atoms with van der Waals surface area (Å²) >= 11 is 0. The molecular formula is C28H33N11O14. The highest BCUT2D eigenvalue weighted by Crippen LogP contribution is 2.23. The maximum Gasteiger partial charge on any atom is 0.277 e. The van der Waals surface area contributed by atoms with E-state index in [0.717, 1.165) is 24.3 Å². The van der Waals surface area contributed by atoms with Crippen LogP contribution < -0.4 is 37.2 Å². The lowest BCUT2D eigenvalue weighted by Gasteiger charge is -2.09. The summed E-state index contributed by atoms with van der Waals surface area (Å²) in [7, 11) is 0. The van der Waals surface area contributed by atoms with E-state index in [1.54, 1.807) is 0 Å². The summed E-state index contributed by atoms with van der Waals surface area (Å²) in [5.74, 6) is -4.51. The zero-order chi connectivity index (χ0) is 39.5. The van der Waals surface area contributed by atoms with Crippen LogP contribution in [-0.4, -0.2) is 107 Å². The fourth-order valence-corrected chi connectivity index (χ4v) is 4.01. The SMILES string of the molecule is O=C(CNC(=O)CNC(=O)c1cc([N+](=O)[O-])cc([N+](=O)[O-])c1)NCCCNCCCNC(=O)CNC(=O)CNC(=O)c1cc([N+](=O)[O-])cc([N+](=O)[O-])c1. The van der Waals surface area contributed by atoms with Gasteiger partial charge in [-0.1, -0.05) is 0 Å². The second-order valence-corrected chi connectivity index (χ2v) is 10.6. The summed E-state index contributed by atoms with van der Waals surface area (Å²) in [6.07, 6.45) is 1.02. The minimum atomic E-state index is -0.974. The zero-order valence-corrected chi connectivity index (χ0v) is 27.5. The molecule has 2 rings (SSSR count). The molecule has 0 spiro atoms. The molecular weight excluding hydrogens is 714 g/mol. The van der Waals surface area contributed by atoms with Crippen LogP contribution in [0.4, 0.5) is 22.7 Å². The van der Waals surface area contributed by atoms with Crippen molar-refractivity contribution in [2.24, 2.45) is 0 Å². The van der Waals surface area contributed by atoms with Crippen LogP contribution in [0, 0.1) is 40.5 Å². The number of carbonyl (C=O) groups is 6. The Morgan fingerprint density at radius 2 is 0.698 bits per heavy atom. The number of non-ortho nitro benzene ring substituents is 4. The minimum Gasteiger partial charge on any atom is -0.355 e. The molecule has 0 bridgehead atoms. The highest BCUT2D eigenvalue weighted by molar-refractivity contribution is 5.98. The van der Waals surface area contributed by atoms with Gasteiger partial charge in [-0.05, 0) is 25.9 Å². The fourth-order valence-electron chi connectivity index (χ4n) is 4.01. The average Bonchev–Trinajstić information content (AvgIpc) is 3.12. The van der Waals surface area contributed by atoms with Gasteiger partial charge in [-0.15, -0.1) is 0 Å². The third kappa shape index (κ3) is 15.5. The summed E-state index contributed by atoms with van der Waals surface area (Å²) in [5, 5.41) is 60.9. The fraction of sp³-hybridized carbons (Fsp3) is 0.357. The number of nitrogens with zero attached hydrogens (tertiary/aromatic N) is 4. The monoisotopic (exact) mass is 747 g/mol. The molecule has 6 amide bonds. The van der Waals surface area contributed by atoms with Crippen molar-refractivity contribution < 1.29 is 48.5 Å². The molecule has 0 heterocycles. The van der Waals surface area contributed by atoms with Crippen molar-refractivity contribution in [3.05, 3.63) is 88.0 Å². The second-order valence-electron chi connectivity index (χ2n) is 10.6. The van der Waals surface area contributed by atoms with Gasteiger partial charge in [0.05, 0.1) is 69.1 Å². The van der Waals surface area contributed by atoms with Crippen LogP contribution in [0.3, 0.4) is 0 Å². The molecule has 0 radical (unpaired) electrons. The van der Waals surface area contributed by atoms with E-state index in [1.807, 2.05) is 0 Å². The van der Waals surface area contributed by atoms with E-state index in [1.165, 1.54) is 0 Å². The van der Waals surface area contributed by atoms with Gasteiger partial charge in [-0.25, -0.2) is 0 Å². The van der Waals surface area contributed by atoms with Crippen molar-refractivity contribution in [3.8, 4) is 0 Å². The van der Waals surface area contributed by atoms with Crippen LogP contribution >= 0.6 is 0 Å². The molecule has 0 fully saturated rings. The molecule has 0 aliphatic rings. The molecule has 0 unspecified atom stereocenters. The Labute approximate surface area is 297 Å². The zero-order valence-electron chi connectivity index (χ0n) is 27.5. The topological polar surface area (TPSA) is 359 Å². The van der Waals surface area contributed by atoms with E-state index in [2.05, 4.69) is 37.2 Å². The van der Waals surface area contributed by atoms with Crippen LogP contribution in [0.15, 0.2) is 36.4 Å². The molecule has 0 saturated carbocycles. The Morgan fingerprint density at radius 1 is 0.415 bits per heavy atom. The number of hydrogen-bond donors (Lipinski definition) is 7. The Balaban J connectivity index is 1.51. The highest BCUT2D eigenvalue weighted by Gasteiger charge is 2.22. The number of benzene rings is 2. The largest absolute Gasteiger partial charge is 0.355 e. The van der Waals surface area contributed by atoms with Crippen LogP contribution in [0.5, 0.6) is 0 Å². The van der Waals surface area contributed by atoms with Crippen molar-refractivity contribution in [1.82, 2.24) is 37.2 Å². The van der Waals surface area contributed by atoms with Crippen LogP contribution in [0.25, 0.3) is 0 Å². The molecule has 7 N–H and O–H groups in total. The van der Waals surface area contributed by atoms with E-state index in [-0.39, 0.29) is 13.1 Å².